The number of piperidine rings is 1. The molecule has 1 saturated carbocycles. The van der Waals surface area contributed by atoms with Gasteiger partial charge in [0.1, 0.15) is 0 Å². The standard InChI is InChI=1S/C17H24ClNO/c1-13-5-6-14(16(18)10-13)11-19-9-8-17(20)7-3-2-4-15(17)12-19/h5-6,10,15,20H,2-4,7-9,11-12H2,1H3/t15-,17-/m0/s1. The normalized spacial score (nSPS) is 31.1. The number of aryl methyl sites for hydroxylation is 1. The number of rotatable bonds is 2. The number of nitrogens with zero attached hydrogens (tertiary/aromatic N) is 1. The Bertz CT molecular complexity index is 490. The van der Waals surface area contributed by atoms with Crippen LogP contribution in [0.15, 0.2) is 18.2 Å². The summed E-state index contributed by atoms with van der Waals surface area (Å²) in [6, 6.07) is 6.30. The van der Waals surface area contributed by atoms with Gasteiger partial charge in [0.15, 0.2) is 0 Å². The smallest absolute Gasteiger partial charge is 0.0700 e. The fourth-order valence-electron chi connectivity index (χ4n) is 3.80. The molecule has 0 aromatic heterocycles. The van der Waals surface area contributed by atoms with E-state index in [-0.39, 0.29) is 5.60 Å². The van der Waals surface area contributed by atoms with E-state index in [2.05, 4.69) is 24.0 Å². The van der Waals surface area contributed by atoms with E-state index >= 15 is 0 Å². The van der Waals surface area contributed by atoms with E-state index < -0.39 is 0 Å². The van der Waals surface area contributed by atoms with Crippen molar-refractivity contribution in [1.82, 2.24) is 4.90 Å². The van der Waals surface area contributed by atoms with Crippen LogP contribution < -0.4 is 0 Å². The van der Waals surface area contributed by atoms with Crippen LogP contribution in [0.1, 0.15) is 43.2 Å². The van der Waals surface area contributed by atoms with E-state index in [9.17, 15) is 5.11 Å². The minimum Gasteiger partial charge on any atom is -0.390 e. The van der Waals surface area contributed by atoms with Crippen LogP contribution in [0.25, 0.3) is 0 Å². The monoisotopic (exact) mass is 293 g/mol. The second-order valence-electron chi connectivity index (χ2n) is 6.63. The minimum atomic E-state index is -0.383. The van der Waals surface area contributed by atoms with Crippen LogP contribution in [0.3, 0.4) is 0 Å². The molecule has 2 fully saturated rings. The molecule has 2 atom stereocenters. The van der Waals surface area contributed by atoms with Gasteiger partial charge in [-0.05, 0) is 43.4 Å². The van der Waals surface area contributed by atoms with Crippen LogP contribution in [0.4, 0.5) is 0 Å². The van der Waals surface area contributed by atoms with Crippen molar-refractivity contribution in [3.63, 3.8) is 0 Å². The zero-order chi connectivity index (χ0) is 14.2. The molecule has 2 nitrogen and oxygen atoms in total. The Morgan fingerprint density at radius 2 is 2.20 bits per heavy atom. The first-order valence-electron chi connectivity index (χ1n) is 7.77. The summed E-state index contributed by atoms with van der Waals surface area (Å²) >= 11 is 6.34. The van der Waals surface area contributed by atoms with Gasteiger partial charge in [-0.15, -0.1) is 0 Å². The van der Waals surface area contributed by atoms with Crippen LogP contribution in [-0.2, 0) is 6.54 Å². The lowest BCUT2D eigenvalue weighted by atomic mass is 9.71. The summed E-state index contributed by atoms with van der Waals surface area (Å²) < 4.78 is 0. The SMILES string of the molecule is Cc1ccc(CN2CC[C@@]3(O)CCCC[C@H]3C2)c(Cl)c1. The molecule has 110 valence electrons. The van der Waals surface area contributed by atoms with Crippen LogP contribution >= 0.6 is 11.6 Å². The van der Waals surface area contributed by atoms with Gasteiger partial charge < -0.3 is 5.11 Å². The molecular formula is C17H24ClNO. The van der Waals surface area contributed by atoms with Crippen molar-refractivity contribution in [3.05, 3.63) is 34.3 Å². The molecule has 1 aliphatic heterocycles. The molecule has 3 heteroatoms. The lowest BCUT2D eigenvalue weighted by Gasteiger charge is -2.47. The van der Waals surface area contributed by atoms with E-state index in [0.717, 1.165) is 37.5 Å². The third-order valence-corrected chi connectivity index (χ3v) is 5.47. The number of hydrogen-bond acceptors (Lipinski definition) is 2. The van der Waals surface area contributed by atoms with Gasteiger partial charge in [-0.2, -0.15) is 0 Å². The van der Waals surface area contributed by atoms with E-state index in [1.807, 2.05) is 6.07 Å². The second-order valence-corrected chi connectivity index (χ2v) is 7.03. The number of aliphatic hydroxyl groups is 1. The van der Waals surface area contributed by atoms with Crippen LogP contribution in [0, 0.1) is 12.8 Å². The third kappa shape index (κ3) is 2.88. The van der Waals surface area contributed by atoms with Crippen molar-refractivity contribution >= 4 is 11.6 Å². The molecule has 1 saturated heterocycles. The number of hydrogen-bond donors (Lipinski definition) is 1. The van der Waals surface area contributed by atoms with E-state index in [1.165, 1.54) is 30.4 Å². The van der Waals surface area contributed by atoms with Crippen LogP contribution in [0.5, 0.6) is 0 Å². The van der Waals surface area contributed by atoms with Crippen molar-refractivity contribution < 1.29 is 5.11 Å². The van der Waals surface area contributed by atoms with Gasteiger partial charge in [0.2, 0.25) is 0 Å². The minimum absolute atomic E-state index is 0.383. The maximum atomic E-state index is 10.7. The van der Waals surface area contributed by atoms with Gasteiger partial charge in [-0.25, -0.2) is 0 Å². The molecule has 3 rings (SSSR count). The summed E-state index contributed by atoms with van der Waals surface area (Å²) in [5.74, 6) is 0.453. The zero-order valence-electron chi connectivity index (χ0n) is 12.2. The summed E-state index contributed by atoms with van der Waals surface area (Å²) in [4.78, 5) is 2.46. The van der Waals surface area contributed by atoms with E-state index in [0.29, 0.717) is 5.92 Å². The van der Waals surface area contributed by atoms with Gasteiger partial charge in [0.25, 0.3) is 0 Å². The van der Waals surface area contributed by atoms with Gasteiger partial charge in [-0.3, -0.25) is 4.90 Å². The van der Waals surface area contributed by atoms with Crippen molar-refractivity contribution in [1.29, 1.82) is 0 Å². The molecule has 20 heavy (non-hydrogen) atoms. The van der Waals surface area contributed by atoms with E-state index in [4.69, 9.17) is 11.6 Å². The maximum Gasteiger partial charge on any atom is 0.0700 e. The summed E-state index contributed by atoms with van der Waals surface area (Å²) in [5, 5.41) is 11.6. The Labute approximate surface area is 126 Å². The largest absolute Gasteiger partial charge is 0.390 e. The second kappa shape index (κ2) is 5.67. The van der Waals surface area contributed by atoms with Crippen LogP contribution in [-0.4, -0.2) is 28.7 Å². The summed E-state index contributed by atoms with van der Waals surface area (Å²) in [6.07, 6.45) is 5.55. The highest BCUT2D eigenvalue weighted by Gasteiger charge is 2.42. The fraction of sp³-hybridized carbons (Fsp3) is 0.647. The zero-order valence-corrected chi connectivity index (χ0v) is 13.0. The Hall–Kier alpha value is -0.570. The average molecular weight is 294 g/mol. The Morgan fingerprint density at radius 1 is 1.35 bits per heavy atom. The number of halogens is 1. The first-order chi connectivity index (χ1) is 9.57. The number of fused-ring (bicyclic) bond motifs is 1. The molecule has 1 aromatic rings. The highest BCUT2D eigenvalue weighted by atomic mass is 35.5. The predicted octanol–water partition coefficient (Wildman–Crippen LogP) is 3.78. The molecule has 1 aliphatic carbocycles. The quantitative estimate of drug-likeness (QED) is 0.897. The summed E-state index contributed by atoms with van der Waals surface area (Å²) in [6.45, 7) is 4.97. The Kier molecular flexibility index (Phi) is 4.07. The molecule has 0 bridgehead atoms. The predicted molar refractivity (Wildman–Crippen MR) is 83.0 cm³/mol. The summed E-state index contributed by atoms with van der Waals surface area (Å²) in [7, 11) is 0. The summed E-state index contributed by atoms with van der Waals surface area (Å²) in [5.41, 5.74) is 2.03. The third-order valence-electron chi connectivity index (χ3n) is 5.11. The van der Waals surface area contributed by atoms with Gasteiger partial charge in [0, 0.05) is 30.6 Å². The molecule has 0 unspecified atom stereocenters. The lowest BCUT2D eigenvalue weighted by molar-refractivity contribution is -0.0967. The Morgan fingerprint density at radius 3 is 3.00 bits per heavy atom. The lowest BCUT2D eigenvalue weighted by Crippen LogP contribution is -2.52. The molecule has 0 spiro atoms. The molecule has 0 amide bonds. The first-order valence-corrected chi connectivity index (χ1v) is 8.14. The number of likely N-dealkylation sites (tertiary alicyclic amines) is 1. The fourth-order valence-corrected chi connectivity index (χ4v) is 4.10. The van der Waals surface area contributed by atoms with Crippen molar-refractivity contribution in [2.45, 2.75) is 51.2 Å². The molecule has 0 radical (unpaired) electrons. The van der Waals surface area contributed by atoms with Gasteiger partial charge in [0.05, 0.1) is 5.60 Å². The van der Waals surface area contributed by atoms with Gasteiger partial charge >= 0.3 is 0 Å². The molecule has 2 aliphatic rings. The van der Waals surface area contributed by atoms with Crippen molar-refractivity contribution in [2.24, 2.45) is 5.92 Å². The molecule has 1 aromatic carbocycles. The van der Waals surface area contributed by atoms with Gasteiger partial charge in [-0.1, -0.05) is 36.6 Å². The van der Waals surface area contributed by atoms with Crippen LogP contribution in [0.2, 0.25) is 5.02 Å². The molecule has 1 heterocycles. The number of benzene rings is 1. The first kappa shape index (κ1) is 14.4. The highest BCUT2D eigenvalue weighted by Crippen LogP contribution is 2.40. The highest BCUT2D eigenvalue weighted by molar-refractivity contribution is 6.31. The van der Waals surface area contributed by atoms with Crippen molar-refractivity contribution in [3.8, 4) is 0 Å². The maximum absolute atomic E-state index is 10.7. The van der Waals surface area contributed by atoms with Crippen molar-refractivity contribution in [2.75, 3.05) is 13.1 Å². The Balaban J connectivity index is 1.67. The van der Waals surface area contributed by atoms with E-state index in [1.54, 1.807) is 0 Å². The average Bonchev–Trinajstić information content (AvgIpc) is 2.42. The molecule has 1 N–H and O–H groups in total. The molecular weight excluding hydrogens is 270 g/mol. The topological polar surface area (TPSA) is 23.5 Å².